The molecule has 20 heavy (non-hydrogen) atoms. The fourth-order valence-corrected chi connectivity index (χ4v) is 4.18. The summed E-state index contributed by atoms with van der Waals surface area (Å²) < 4.78 is 35.9. The molecule has 2 rings (SSSR count). The summed E-state index contributed by atoms with van der Waals surface area (Å²) in [7, 11) is -4.79. The molecule has 1 unspecified atom stereocenters. The van der Waals surface area contributed by atoms with Gasteiger partial charge in [0.25, 0.3) is 0 Å². The first kappa shape index (κ1) is 15.6. The van der Waals surface area contributed by atoms with Gasteiger partial charge in [0.05, 0.1) is 5.69 Å². The van der Waals surface area contributed by atoms with E-state index >= 15 is 0 Å². The van der Waals surface area contributed by atoms with Crippen molar-refractivity contribution < 1.29 is 21.9 Å². The Bertz CT molecular complexity index is 692. The standard InChI is InChI=1S/C11H8Br2FNO4S/c12-7-1-6(5-16)11(9(13)2-7)15-4-8(3-10(15)17)20(14,18)19/h1-2,5,8H,3-4H2. The smallest absolute Gasteiger partial charge is 0.307 e. The second-order valence-electron chi connectivity index (χ2n) is 4.25. The van der Waals surface area contributed by atoms with E-state index in [1.54, 1.807) is 6.07 Å². The van der Waals surface area contributed by atoms with E-state index in [1.165, 1.54) is 6.07 Å². The molecule has 0 spiro atoms. The zero-order valence-corrected chi connectivity index (χ0v) is 13.8. The first-order valence-corrected chi connectivity index (χ1v) is 8.45. The summed E-state index contributed by atoms with van der Waals surface area (Å²) in [5, 5.41) is -1.40. The van der Waals surface area contributed by atoms with Gasteiger partial charge in [-0.1, -0.05) is 15.9 Å². The van der Waals surface area contributed by atoms with Crippen LogP contribution in [0.2, 0.25) is 0 Å². The molecule has 1 heterocycles. The quantitative estimate of drug-likeness (QED) is 0.547. The number of hydrogen-bond donors (Lipinski definition) is 0. The molecule has 1 aliphatic rings. The van der Waals surface area contributed by atoms with Gasteiger partial charge in [-0.15, -0.1) is 3.89 Å². The fraction of sp³-hybridized carbons (Fsp3) is 0.273. The van der Waals surface area contributed by atoms with Gasteiger partial charge in [0.1, 0.15) is 5.25 Å². The van der Waals surface area contributed by atoms with E-state index in [2.05, 4.69) is 31.9 Å². The summed E-state index contributed by atoms with van der Waals surface area (Å²) in [6.07, 6.45) is 0.120. The summed E-state index contributed by atoms with van der Waals surface area (Å²) in [5.41, 5.74) is 0.454. The highest BCUT2D eigenvalue weighted by Gasteiger charge is 2.40. The molecular formula is C11H8Br2FNO4S. The fourth-order valence-electron chi connectivity index (χ4n) is 2.04. The molecule has 1 aliphatic heterocycles. The van der Waals surface area contributed by atoms with Crippen molar-refractivity contribution in [3.63, 3.8) is 0 Å². The van der Waals surface area contributed by atoms with E-state index in [1.807, 2.05) is 0 Å². The van der Waals surface area contributed by atoms with Crippen LogP contribution in [0.5, 0.6) is 0 Å². The monoisotopic (exact) mass is 427 g/mol. The van der Waals surface area contributed by atoms with Crippen LogP contribution in [0.1, 0.15) is 16.8 Å². The third-order valence-corrected chi connectivity index (χ3v) is 5.12. The van der Waals surface area contributed by atoms with Crippen molar-refractivity contribution in [2.75, 3.05) is 11.4 Å². The molecule has 0 bridgehead atoms. The Labute approximate surface area is 131 Å². The average Bonchev–Trinajstić information content (AvgIpc) is 2.70. The lowest BCUT2D eigenvalue weighted by molar-refractivity contribution is -0.117. The predicted molar refractivity (Wildman–Crippen MR) is 78.0 cm³/mol. The second kappa shape index (κ2) is 5.53. The number of hydrogen-bond acceptors (Lipinski definition) is 4. The summed E-state index contributed by atoms with van der Waals surface area (Å²) >= 11 is 6.43. The van der Waals surface area contributed by atoms with Gasteiger partial charge in [0.15, 0.2) is 6.29 Å². The molecule has 1 atom stereocenters. The average molecular weight is 429 g/mol. The Morgan fingerprint density at radius 2 is 2.00 bits per heavy atom. The normalized spacial score (nSPS) is 19.4. The van der Waals surface area contributed by atoms with E-state index in [9.17, 15) is 21.9 Å². The van der Waals surface area contributed by atoms with Crippen LogP contribution in [0.3, 0.4) is 0 Å². The van der Waals surface area contributed by atoms with Gasteiger partial charge < -0.3 is 4.90 Å². The van der Waals surface area contributed by atoms with Gasteiger partial charge in [0, 0.05) is 27.5 Å². The first-order chi connectivity index (χ1) is 9.24. The number of amides is 1. The molecule has 0 aliphatic carbocycles. The summed E-state index contributed by atoms with van der Waals surface area (Å²) in [4.78, 5) is 24.1. The largest absolute Gasteiger partial charge is 0.309 e. The van der Waals surface area contributed by atoms with E-state index in [-0.39, 0.29) is 17.8 Å². The highest BCUT2D eigenvalue weighted by molar-refractivity contribution is 9.11. The Morgan fingerprint density at radius 3 is 2.50 bits per heavy atom. The van der Waals surface area contributed by atoms with Crippen molar-refractivity contribution in [2.24, 2.45) is 0 Å². The predicted octanol–water partition coefficient (Wildman–Crippen LogP) is 2.43. The number of carbonyl (C=O) groups is 2. The van der Waals surface area contributed by atoms with Crippen LogP contribution in [-0.2, 0) is 15.0 Å². The molecule has 0 radical (unpaired) electrons. The van der Waals surface area contributed by atoms with Gasteiger partial charge in [0.2, 0.25) is 5.91 Å². The zero-order chi connectivity index (χ0) is 15.1. The maximum atomic E-state index is 13.0. The number of anilines is 1. The van der Waals surface area contributed by atoms with Crippen LogP contribution in [-0.4, -0.2) is 32.4 Å². The first-order valence-electron chi connectivity index (χ1n) is 5.42. The van der Waals surface area contributed by atoms with Crippen molar-refractivity contribution in [1.29, 1.82) is 0 Å². The van der Waals surface area contributed by atoms with Gasteiger partial charge in [-0.25, -0.2) is 0 Å². The van der Waals surface area contributed by atoms with Gasteiger partial charge >= 0.3 is 10.2 Å². The van der Waals surface area contributed by atoms with Crippen LogP contribution >= 0.6 is 31.9 Å². The lowest BCUT2D eigenvalue weighted by Crippen LogP contribution is -2.28. The van der Waals surface area contributed by atoms with E-state index in [0.717, 1.165) is 4.90 Å². The molecule has 0 N–H and O–H groups in total. The van der Waals surface area contributed by atoms with Crippen LogP contribution < -0.4 is 4.90 Å². The maximum absolute atomic E-state index is 13.0. The summed E-state index contributed by atoms with van der Waals surface area (Å²) in [6.45, 7) is -0.307. The molecule has 0 aromatic heterocycles. The molecule has 5 nitrogen and oxygen atoms in total. The second-order valence-corrected chi connectivity index (χ2v) is 7.64. The van der Waals surface area contributed by atoms with E-state index < -0.39 is 27.8 Å². The van der Waals surface area contributed by atoms with Crippen molar-refractivity contribution in [2.45, 2.75) is 11.7 Å². The van der Waals surface area contributed by atoms with E-state index in [4.69, 9.17) is 0 Å². The van der Waals surface area contributed by atoms with Crippen molar-refractivity contribution in [1.82, 2.24) is 0 Å². The lowest BCUT2D eigenvalue weighted by Gasteiger charge is -2.20. The minimum Gasteiger partial charge on any atom is -0.309 e. The molecule has 0 saturated carbocycles. The molecule has 1 aromatic rings. The van der Waals surface area contributed by atoms with Gasteiger partial charge in [-0.05, 0) is 28.1 Å². The Kier molecular flexibility index (Phi) is 4.31. The Balaban J connectivity index is 2.48. The highest BCUT2D eigenvalue weighted by atomic mass is 79.9. The number of benzene rings is 1. The highest BCUT2D eigenvalue weighted by Crippen LogP contribution is 2.36. The third-order valence-electron chi connectivity index (χ3n) is 2.94. The number of nitrogens with zero attached hydrogens (tertiary/aromatic N) is 1. The summed E-state index contributed by atoms with van der Waals surface area (Å²) in [6, 6.07) is 3.12. The molecular weight excluding hydrogens is 421 g/mol. The van der Waals surface area contributed by atoms with Crippen LogP contribution in [0.4, 0.5) is 9.57 Å². The third kappa shape index (κ3) is 2.94. The van der Waals surface area contributed by atoms with Crippen LogP contribution in [0, 0.1) is 0 Å². The molecule has 1 fully saturated rings. The van der Waals surface area contributed by atoms with Crippen molar-refractivity contribution >= 4 is 60.0 Å². The number of aldehydes is 1. The molecule has 1 amide bonds. The summed E-state index contributed by atoms with van der Waals surface area (Å²) in [5.74, 6) is -0.539. The molecule has 108 valence electrons. The van der Waals surface area contributed by atoms with Crippen molar-refractivity contribution in [3.8, 4) is 0 Å². The minimum absolute atomic E-state index is 0.205. The Hall–Kier alpha value is -0.800. The number of rotatable bonds is 3. The maximum Gasteiger partial charge on any atom is 0.307 e. The van der Waals surface area contributed by atoms with Gasteiger partial charge in [-0.2, -0.15) is 8.42 Å². The number of halogens is 3. The zero-order valence-electron chi connectivity index (χ0n) is 9.85. The molecule has 9 heteroatoms. The van der Waals surface area contributed by atoms with Crippen molar-refractivity contribution in [3.05, 3.63) is 26.6 Å². The molecule has 1 saturated heterocycles. The minimum atomic E-state index is -4.79. The van der Waals surface area contributed by atoms with Gasteiger partial charge in [-0.3, -0.25) is 9.59 Å². The number of carbonyl (C=O) groups excluding carboxylic acids is 2. The van der Waals surface area contributed by atoms with Crippen LogP contribution in [0.25, 0.3) is 0 Å². The SMILES string of the molecule is O=Cc1cc(Br)cc(Br)c1N1CC(S(=O)(=O)F)CC1=O. The lowest BCUT2D eigenvalue weighted by atomic mass is 10.2. The van der Waals surface area contributed by atoms with E-state index in [0.29, 0.717) is 15.2 Å². The topological polar surface area (TPSA) is 71.5 Å². The van der Waals surface area contributed by atoms with Crippen LogP contribution in [0.15, 0.2) is 21.1 Å². The molecule has 1 aromatic carbocycles. The Morgan fingerprint density at radius 1 is 1.35 bits per heavy atom.